The van der Waals surface area contributed by atoms with Crippen LogP contribution in [0.5, 0.6) is 11.5 Å². The second-order valence-corrected chi connectivity index (χ2v) is 11.4. The Labute approximate surface area is 233 Å². The Kier molecular flexibility index (Phi) is 8.98. The maximum Gasteiger partial charge on any atom is 0.244 e. The van der Waals surface area contributed by atoms with Gasteiger partial charge < -0.3 is 19.7 Å². The Hall–Kier alpha value is -3.76. The van der Waals surface area contributed by atoms with Crippen molar-refractivity contribution in [2.75, 3.05) is 30.4 Å². The predicted octanol–water partition coefficient (Wildman–Crippen LogP) is 3.61. The lowest BCUT2D eigenvalue weighted by Gasteiger charge is -2.33. The minimum Gasteiger partial charge on any atom is -0.454 e. The number of fused-ring (bicyclic) bond motifs is 1. The monoisotopic (exact) mass is 571 g/mol. The molecule has 0 saturated heterocycles. The summed E-state index contributed by atoms with van der Waals surface area (Å²) in [6.45, 7) is 1.72. The zero-order chi connectivity index (χ0) is 28.0. The van der Waals surface area contributed by atoms with Gasteiger partial charge in [-0.05, 0) is 42.3 Å². The van der Waals surface area contributed by atoms with Crippen LogP contribution in [0.3, 0.4) is 0 Å². The first-order chi connectivity index (χ1) is 18.7. The maximum atomic E-state index is 14.0. The highest BCUT2D eigenvalue weighted by Crippen LogP contribution is 2.36. The second kappa shape index (κ2) is 12.4. The van der Waals surface area contributed by atoms with Gasteiger partial charge in [0.05, 0.1) is 11.9 Å². The fraction of sp³-hybridized carbons (Fsp3) is 0.286. The molecule has 9 nitrogen and oxygen atoms in total. The zero-order valence-corrected chi connectivity index (χ0v) is 23.2. The summed E-state index contributed by atoms with van der Waals surface area (Å²) in [7, 11) is -3.89. The van der Waals surface area contributed by atoms with Crippen LogP contribution in [0.15, 0.2) is 72.8 Å². The molecule has 1 N–H and O–H groups in total. The number of amides is 2. The molecule has 0 bridgehead atoms. The minimum absolute atomic E-state index is 0.0255. The molecule has 11 heteroatoms. The molecule has 3 aromatic carbocycles. The van der Waals surface area contributed by atoms with Crippen LogP contribution in [0.4, 0.5) is 5.69 Å². The highest BCUT2D eigenvalue weighted by molar-refractivity contribution is 7.92. The lowest BCUT2D eigenvalue weighted by atomic mass is 10.0. The number of carbonyl (C=O) groups is 2. The standard InChI is InChI=1S/C28H30ClN3O6S/c1-3-30-28(34)24(15-20-8-5-4-6-9-20)31(17-21-10-7-11-22(29)14-21)27(33)18-32(39(2,35)36)23-12-13-25-26(16-23)38-19-37-25/h4-14,16,24H,3,15,17-19H2,1-2H3,(H,30,34). The largest absolute Gasteiger partial charge is 0.454 e. The van der Waals surface area contributed by atoms with Crippen molar-refractivity contribution in [3.63, 3.8) is 0 Å². The SMILES string of the molecule is CCNC(=O)C(Cc1ccccc1)N(Cc1cccc(Cl)c1)C(=O)CN(c1ccc2c(c1)OCO2)S(C)(=O)=O. The molecule has 39 heavy (non-hydrogen) atoms. The number of hydrogen-bond donors (Lipinski definition) is 1. The summed E-state index contributed by atoms with van der Waals surface area (Å²) in [5, 5.41) is 3.30. The summed E-state index contributed by atoms with van der Waals surface area (Å²) in [5.41, 5.74) is 1.80. The fourth-order valence-electron chi connectivity index (χ4n) is 4.33. The van der Waals surface area contributed by atoms with Gasteiger partial charge in [0.2, 0.25) is 28.6 Å². The van der Waals surface area contributed by atoms with E-state index in [0.717, 1.165) is 16.1 Å². The van der Waals surface area contributed by atoms with Crippen LogP contribution in [0.25, 0.3) is 0 Å². The predicted molar refractivity (Wildman–Crippen MR) is 149 cm³/mol. The van der Waals surface area contributed by atoms with Gasteiger partial charge in [-0.25, -0.2) is 8.42 Å². The van der Waals surface area contributed by atoms with Crippen LogP contribution in [0.2, 0.25) is 5.02 Å². The van der Waals surface area contributed by atoms with Gasteiger partial charge in [-0.3, -0.25) is 13.9 Å². The van der Waals surface area contributed by atoms with Gasteiger partial charge in [0.15, 0.2) is 11.5 Å². The molecule has 206 valence electrons. The van der Waals surface area contributed by atoms with Crippen LogP contribution in [-0.4, -0.2) is 57.3 Å². The van der Waals surface area contributed by atoms with Crippen molar-refractivity contribution >= 4 is 39.1 Å². The number of sulfonamides is 1. The van der Waals surface area contributed by atoms with E-state index in [1.54, 1.807) is 43.3 Å². The summed E-state index contributed by atoms with van der Waals surface area (Å²) < 4.78 is 37.5. The molecule has 3 aromatic rings. The topological polar surface area (TPSA) is 105 Å². The minimum atomic E-state index is -3.89. The van der Waals surface area contributed by atoms with Crippen LogP contribution in [0, 0.1) is 0 Å². The van der Waals surface area contributed by atoms with Crippen molar-refractivity contribution in [1.82, 2.24) is 10.2 Å². The molecular formula is C28H30ClN3O6S. The van der Waals surface area contributed by atoms with E-state index in [0.29, 0.717) is 28.6 Å². The number of ether oxygens (including phenoxy) is 2. The molecule has 2 amide bonds. The highest BCUT2D eigenvalue weighted by atomic mass is 35.5. The number of nitrogens with zero attached hydrogens (tertiary/aromatic N) is 2. The molecule has 0 radical (unpaired) electrons. The molecule has 1 aliphatic heterocycles. The number of likely N-dealkylation sites (N-methyl/N-ethyl adjacent to an activating group) is 1. The number of rotatable bonds is 11. The van der Waals surface area contributed by atoms with Gasteiger partial charge in [-0.2, -0.15) is 0 Å². The summed E-state index contributed by atoms with van der Waals surface area (Å²) in [6.07, 6.45) is 1.26. The van der Waals surface area contributed by atoms with Crippen molar-refractivity contribution in [2.24, 2.45) is 0 Å². The molecular weight excluding hydrogens is 542 g/mol. The normalized spacial score (nSPS) is 13.0. The fourth-order valence-corrected chi connectivity index (χ4v) is 5.39. The molecule has 1 atom stereocenters. The third kappa shape index (κ3) is 7.21. The number of nitrogens with one attached hydrogen (secondary N) is 1. The van der Waals surface area contributed by atoms with E-state index >= 15 is 0 Å². The van der Waals surface area contributed by atoms with E-state index in [2.05, 4.69) is 5.32 Å². The van der Waals surface area contributed by atoms with Crippen molar-refractivity contribution in [1.29, 1.82) is 0 Å². The van der Waals surface area contributed by atoms with Gasteiger partial charge in [-0.15, -0.1) is 0 Å². The quantitative estimate of drug-likeness (QED) is 0.377. The van der Waals surface area contributed by atoms with E-state index in [1.165, 1.54) is 11.0 Å². The van der Waals surface area contributed by atoms with E-state index in [1.807, 2.05) is 30.3 Å². The average molecular weight is 572 g/mol. The van der Waals surface area contributed by atoms with E-state index in [4.69, 9.17) is 21.1 Å². The third-order valence-electron chi connectivity index (χ3n) is 6.19. The average Bonchev–Trinajstić information content (AvgIpc) is 3.37. The summed E-state index contributed by atoms with van der Waals surface area (Å²) in [6, 6.07) is 20.1. The van der Waals surface area contributed by atoms with Crippen molar-refractivity contribution < 1.29 is 27.5 Å². The zero-order valence-electron chi connectivity index (χ0n) is 21.7. The third-order valence-corrected chi connectivity index (χ3v) is 7.56. The molecule has 0 aromatic heterocycles. The highest BCUT2D eigenvalue weighted by Gasteiger charge is 2.33. The first kappa shape index (κ1) is 28.3. The Morgan fingerprint density at radius 3 is 2.38 bits per heavy atom. The van der Waals surface area contributed by atoms with Gasteiger partial charge >= 0.3 is 0 Å². The smallest absolute Gasteiger partial charge is 0.244 e. The van der Waals surface area contributed by atoms with Gasteiger partial charge in [0.25, 0.3) is 0 Å². The van der Waals surface area contributed by atoms with E-state index in [9.17, 15) is 18.0 Å². The van der Waals surface area contributed by atoms with E-state index < -0.39 is 28.5 Å². The lowest BCUT2D eigenvalue weighted by Crippen LogP contribution is -2.53. The summed E-state index contributed by atoms with van der Waals surface area (Å²) >= 11 is 6.21. The molecule has 0 spiro atoms. The van der Waals surface area contributed by atoms with Crippen LogP contribution < -0.4 is 19.1 Å². The molecule has 1 heterocycles. The number of carbonyl (C=O) groups excluding carboxylic acids is 2. The Morgan fingerprint density at radius 2 is 1.69 bits per heavy atom. The van der Waals surface area contributed by atoms with Crippen LogP contribution in [-0.2, 0) is 32.6 Å². The first-order valence-electron chi connectivity index (χ1n) is 12.4. The molecule has 0 fully saturated rings. The molecule has 1 aliphatic rings. The number of halogens is 1. The van der Waals surface area contributed by atoms with Crippen molar-refractivity contribution in [3.8, 4) is 11.5 Å². The molecule has 0 aliphatic carbocycles. The van der Waals surface area contributed by atoms with Crippen molar-refractivity contribution in [2.45, 2.75) is 25.9 Å². The first-order valence-corrected chi connectivity index (χ1v) is 14.6. The summed E-state index contributed by atoms with van der Waals surface area (Å²) in [4.78, 5) is 28.7. The van der Waals surface area contributed by atoms with Gasteiger partial charge in [-0.1, -0.05) is 54.1 Å². The second-order valence-electron chi connectivity index (χ2n) is 9.06. The molecule has 1 unspecified atom stereocenters. The molecule has 4 rings (SSSR count). The van der Waals surface area contributed by atoms with E-state index in [-0.39, 0.29) is 31.4 Å². The van der Waals surface area contributed by atoms with Crippen LogP contribution >= 0.6 is 11.6 Å². The van der Waals surface area contributed by atoms with Gasteiger partial charge in [0.1, 0.15) is 12.6 Å². The summed E-state index contributed by atoms with van der Waals surface area (Å²) in [5.74, 6) is -0.0232. The number of hydrogen-bond acceptors (Lipinski definition) is 6. The number of benzene rings is 3. The Morgan fingerprint density at radius 1 is 0.974 bits per heavy atom. The molecule has 0 saturated carbocycles. The Bertz CT molecular complexity index is 1430. The van der Waals surface area contributed by atoms with Crippen molar-refractivity contribution in [3.05, 3.63) is 88.9 Å². The number of anilines is 1. The Balaban J connectivity index is 1.72. The van der Waals surface area contributed by atoms with Gasteiger partial charge in [0, 0.05) is 30.6 Å². The van der Waals surface area contributed by atoms with Crippen LogP contribution in [0.1, 0.15) is 18.1 Å². The maximum absolute atomic E-state index is 14.0. The lowest BCUT2D eigenvalue weighted by molar-refractivity contribution is -0.140.